The Morgan fingerprint density at radius 3 is 2.18 bits per heavy atom. The first-order valence-corrected chi connectivity index (χ1v) is 10.1. The van der Waals surface area contributed by atoms with Gasteiger partial charge in [0.15, 0.2) is 0 Å². The molecule has 2 nitrogen and oxygen atoms in total. The monoisotopic (exact) mass is 414 g/mol. The van der Waals surface area contributed by atoms with Crippen molar-refractivity contribution in [3.05, 3.63) is 94.0 Å². The first-order chi connectivity index (χ1) is 13.5. The van der Waals surface area contributed by atoms with Crippen LogP contribution in [0.5, 0.6) is 11.5 Å². The number of hydrogen-bond donors (Lipinski definition) is 0. The highest BCUT2D eigenvalue weighted by Crippen LogP contribution is 2.32. The lowest BCUT2D eigenvalue weighted by molar-refractivity contribution is 0.0747. The zero-order chi connectivity index (χ0) is 20.0. The Kier molecular flexibility index (Phi) is 7.01. The minimum atomic E-state index is -0.160. The fourth-order valence-corrected chi connectivity index (χ4v) is 3.54. The van der Waals surface area contributed by atoms with Crippen LogP contribution in [-0.2, 0) is 16.8 Å². The summed E-state index contributed by atoms with van der Waals surface area (Å²) in [7, 11) is 0. The van der Waals surface area contributed by atoms with Crippen molar-refractivity contribution in [1.29, 1.82) is 0 Å². The van der Waals surface area contributed by atoms with Crippen molar-refractivity contribution in [2.75, 3.05) is 6.61 Å². The summed E-state index contributed by atoms with van der Waals surface area (Å²) >= 11 is 12.4. The summed E-state index contributed by atoms with van der Waals surface area (Å²) in [6, 6.07) is 23.4. The standard InChI is InChI=1S/C24H24Cl2O2/c1-3-24(2,19-13-20(25)15-21(26)14-19)17-27-16-18-8-7-11-23(12-18)28-22-9-5-4-6-10-22/h4-15H,3,16-17H2,1-2H3. The van der Waals surface area contributed by atoms with Gasteiger partial charge in [-0.05, 0) is 60.0 Å². The van der Waals surface area contributed by atoms with E-state index < -0.39 is 0 Å². The first-order valence-electron chi connectivity index (χ1n) is 9.35. The molecule has 4 heteroatoms. The van der Waals surface area contributed by atoms with E-state index >= 15 is 0 Å². The van der Waals surface area contributed by atoms with Crippen molar-refractivity contribution >= 4 is 23.2 Å². The summed E-state index contributed by atoms with van der Waals surface area (Å²) in [5.74, 6) is 1.61. The molecule has 0 aliphatic heterocycles. The molecule has 0 saturated heterocycles. The van der Waals surface area contributed by atoms with Crippen LogP contribution in [0, 0.1) is 0 Å². The highest BCUT2D eigenvalue weighted by atomic mass is 35.5. The van der Waals surface area contributed by atoms with Crippen molar-refractivity contribution in [3.63, 3.8) is 0 Å². The smallest absolute Gasteiger partial charge is 0.127 e. The van der Waals surface area contributed by atoms with E-state index in [2.05, 4.69) is 13.8 Å². The lowest BCUT2D eigenvalue weighted by Gasteiger charge is -2.29. The third-order valence-electron chi connectivity index (χ3n) is 4.91. The van der Waals surface area contributed by atoms with Crippen LogP contribution in [0.1, 0.15) is 31.4 Å². The topological polar surface area (TPSA) is 18.5 Å². The largest absolute Gasteiger partial charge is 0.457 e. The Bertz CT molecular complexity index is 891. The molecule has 0 N–H and O–H groups in total. The Morgan fingerprint density at radius 1 is 0.821 bits per heavy atom. The molecular weight excluding hydrogens is 391 g/mol. The second kappa shape index (κ2) is 9.47. The molecule has 0 bridgehead atoms. The Hall–Kier alpha value is -2.00. The average molecular weight is 415 g/mol. The Morgan fingerprint density at radius 2 is 1.50 bits per heavy atom. The van der Waals surface area contributed by atoms with Crippen molar-refractivity contribution < 1.29 is 9.47 Å². The van der Waals surface area contributed by atoms with Crippen molar-refractivity contribution in [2.45, 2.75) is 32.3 Å². The molecule has 0 radical (unpaired) electrons. The number of hydrogen-bond acceptors (Lipinski definition) is 2. The summed E-state index contributed by atoms with van der Waals surface area (Å²) in [6.07, 6.45) is 0.917. The van der Waals surface area contributed by atoms with Gasteiger partial charge in [-0.2, -0.15) is 0 Å². The highest BCUT2D eigenvalue weighted by Gasteiger charge is 2.26. The van der Waals surface area contributed by atoms with E-state index in [1.807, 2.05) is 66.7 Å². The van der Waals surface area contributed by atoms with Gasteiger partial charge < -0.3 is 9.47 Å². The van der Waals surface area contributed by atoms with Crippen LogP contribution in [0.4, 0.5) is 0 Å². The van der Waals surface area contributed by atoms with E-state index in [1.54, 1.807) is 6.07 Å². The summed E-state index contributed by atoms with van der Waals surface area (Å²) in [5, 5.41) is 1.29. The van der Waals surface area contributed by atoms with Crippen molar-refractivity contribution in [1.82, 2.24) is 0 Å². The van der Waals surface area contributed by atoms with Crippen molar-refractivity contribution in [2.24, 2.45) is 0 Å². The quantitative estimate of drug-likeness (QED) is 0.376. The normalized spacial score (nSPS) is 13.1. The molecule has 0 aliphatic rings. The fraction of sp³-hybridized carbons (Fsp3) is 0.250. The zero-order valence-corrected chi connectivity index (χ0v) is 17.6. The molecule has 28 heavy (non-hydrogen) atoms. The van der Waals surface area contributed by atoms with Crippen LogP contribution >= 0.6 is 23.2 Å². The lowest BCUT2D eigenvalue weighted by atomic mass is 9.81. The highest BCUT2D eigenvalue weighted by molar-refractivity contribution is 6.34. The van der Waals surface area contributed by atoms with Gasteiger partial charge in [0, 0.05) is 15.5 Å². The number of halogens is 2. The number of para-hydroxylation sites is 1. The maximum atomic E-state index is 6.19. The minimum absolute atomic E-state index is 0.160. The fourth-order valence-electron chi connectivity index (χ4n) is 3.01. The molecule has 0 spiro atoms. The lowest BCUT2D eigenvalue weighted by Crippen LogP contribution is -2.27. The predicted octanol–water partition coefficient (Wildman–Crippen LogP) is 7.67. The van der Waals surface area contributed by atoms with Gasteiger partial charge in [-0.25, -0.2) is 0 Å². The molecule has 0 amide bonds. The van der Waals surface area contributed by atoms with E-state index in [1.165, 1.54) is 0 Å². The molecule has 146 valence electrons. The van der Waals surface area contributed by atoms with Crippen LogP contribution in [0.25, 0.3) is 0 Å². The first kappa shape index (κ1) is 20.7. The second-order valence-corrected chi connectivity index (χ2v) is 8.00. The third kappa shape index (κ3) is 5.51. The zero-order valence-electron chi connectivity index (χ0n) is 16.1. The van der Waals surface area contributed by atoms with Crippen LogP contribution < -0.4 is 4.74 Å². The third-order valence-corrected chi connectivity index (χ3v) is 5.34. The van der Waals surface area contributed by atoms with Crippen LogP contribution in [-0.4, -0.2) is 6.61 Å². The second-order valence-electron chi connectivity index (χ2n) is 7.13. The molecule has 3 aromatic rings. The van der Waals surface area contributed by atoms with E-state index in [9.17, 15) is 0 Å². The molecule has 0 fully saturated rings. The van der Waals surface area contributed by atoms with E-state index in [-0.39, 0.29) is 5.41 Å². The molecule has 3 aromatic carbocycles. The maximum absolute atomic E-state index is 6.19. The van der Waals surface area contributed by atoms with E-state index in [0.29, 0.717) is 23.3 Å². The molecule has 3 rings (SSSR count). The van der Waals surface area contributed by atoms with Gasteiger partial charge in [0.25, 0.3) is 0 Å². The number of rotatable bonds is 8. The summed E-state index contributed by atoms with van der Waals surface area (Å²) < 4.78 is 12.0. The van der Waals surface area contributed by atoms with Gasteiger partial charge in [0.2, 0.25) is 0 Å². The molecule has 0 saturated carbocycles. The Labute approximate surface area is 177 Å². The molecule has 0 aliphatic carbocycles. The van der Waals surface area contributed by atoms with Gasteiger partial charge >= 0.3 is 0 Å². The minimum Gasteiger partial charge on any atom is -0.457 e. The van der Waals surface area contributed by atoms with Gasteiger partial charge in [0.05, 0.1) is 13.2 Å². The van der Waals surface area contributed by atoms with Crippen LogP contribution in [0.2, 0.25) is 10.0 Å². The molecule has 1 atom stereocenters. The number of benzene rings is 3. The predicted molar refractivity (Wildman–Crippen MR) is 117 cm³/mol. The number of ether oxygens (including phenoxy) is 2. The van der Waals surface area contributed by atoms with Gasteiger partial charge in [-0.3, -0.25) is 0 Å². The summed E-state index contributed by atoms with van der Waals surface area (Å²) in [4.78, 5) is 0. The Balaban J connectivity index is 1.64. The van der Waals surface area contributed by atoms with Crippen molar-refractivity contribution in [3.8, 4) is 11.5 Å². The molecule has 1 unspecified atom stereocenters. The van der Waals surface area contributed by atoms with Crippen LogP contribution in [0.3, 0.4) is 0 Å². The van der Waals surface area contributed by atoms with E-state index in [4.69, 9.17) is 32.7 Å². The summed E-state index contributed by atoms with van der Waals surface area (Å²) in [5.41, 5.74) is 2.00. The maximum Gasteiger partial charge on any atom is 0.127 e. The molecule has 0 aromatic heterocycles. The van der Waals surface area contributed by atoms with Crippen LogP contribution in [0.15, 0.2) is 72.8 Å². The molecule has 0 heterocycles. The summed E-state index contributed by atoms with van der Waals surface area (Å²) in [6.45, 7) is 5.40. The average Bonchev–Trinajstić information content (AvgIpc) is 2.68. The van der Waals surface area contributed by atoms with Gasteiger partial charge in [-0.15, -0.1) is 0 Å². The molecular formula is C24H24Cl2O2. The van der Waals surface area contributed by atoms with Gasteiger partial charge in [-0.1, -0.05) is 67.4 Å². The van der Waals surface area contributed by atoms with E-state index in [0.717, 1.165) is 29.0 Å². The SMILES string of the molecule is CCC(C)(COCc1cccc(Oc2ccccc2)c1)c1cc(Cl)cc(Cl)c1. The van der Waals surface area contributed by atoms with Gasteiger partial charge in [0.1, 0.15) is 11.5 Å².